The molecule has 1 amide bonds. The lowest BCUT2D eigenvalue weighted by molar-refractivity contribution is -0.136. The van der Waals surface area contributed by atoms with Crippen molar-refractivity contribution in [2.45, 2.75) is 52.2 Å². The van der Waals surface area contributed by atoms with Gasteiger partial charge in [-0.2, -0.15) is 0 Å². The van der Waals surface area contributed by atoms with Crippen molar-refractivity contribution in [2.24, 2.45) is 17.6 Å². The zero-order valence-electron chi connectivity index (χ0n) is 12.8. The van der Waals surface area contributed by atoms with Crippen LogP contribution in [0.2, 0.25) is 0 Å². The first-order valence-electron chi connectivity index (χ1n) is 7.60. The third-order valence-electron chi connectivity index (χ3n) is 4.28. The van der Waals surface area contributed by atoms with Gasteiger partial charge in [0.1, 0.15) is 0 Å². The van der Waals surface area contributed by atoms with Crippen LogP contribution in [0, 0.1) is 11.8 Å². The minimum atomic E-state index is -0.403. The van der Waals surface area contributed by atoms with E-state index < -0.39 is 6.04 Å². The van der Waals surface area contributed by atoms with Crippen molar-refractivity contribution in [1.82, 2.24) is 4.90 Å². The first-order chi connectivity index (χ1) is 9.50. The largest absolute Gasteiger partial charge is 0.334 e. The smallest absolute Gasteiger partial charge is 0.240 e. The molecular weight excluding hydrogens is 248 g/mol. The summed E-state index contributed by atoms with van der Waals surface area (Å²) in [5.41, 5.74) is 7.25. The summed E-state index contributed by atoms with van der Waals surface area (Å²) in [6.45, 7) is 6.83. The van der Waals surface area contributed by atoms with Gasteiger partial charge in [-0.15, -0.1) is 0 Å². The molecule has 1 aromatic rings. The predicted molar refractivity (Wildman–Crippen MR) is 82.0 cm³/mol. The van der Waals surface area contributed by atoms with Crippen LogP contribution in [-0.4, -0.2) is 22.9 Å². The van der Waals surface area contributed by atoms with Gasteiger partial charge in [-0.3, -0.25) is 4.79 Å². The number of carbonyl (C=O) groups is 1. The van der Waals surface area contributed by atoms with Gasteiger partial charge in [0.05, 0.1) is 6.04 Å². The Morgan fingerprint density at radius 3 is 2.35 bits per heavy atom. The summed E-state index contributed by atoms with van der Waals surface area (Å²) in [6.07, 6.45) is 2.47. The first-order valence-corrected chi connectivity index (χ1v) is 7.60. The van der Waals surface area contributed by atoms with E-state index in [0.29, 0.717) is 12.5 Å². The van der Waals surface area contributed by atoms with E-state index in [4.69, 9.17) is 5.73 Å². The molecule has 0 heterocycles. The summed E-state index contributed by atoms with van der Waals surface area (Å²) in [6, 6.07) is 10.1. The summed E-state index contributed by atoms with van der Waals surface area (Å²) in [5.74, 6) is 0.914. The molecule has 3 heteroatoms. The summed E-state index contributed by atoms with van der Waals surface area (Å²) < 4.78 is 0. The molecule has 0 radical (unpaired) electrons. The topological polar surface area (TPSA) is 46.3 Å². The molecule has 0 spiro atoms. The molecule has 1 unspecified atom stereocenters. The van der Waals surface area contributed by atoms with Crippen LogP contribution < -0.4 is 5.73 Å². The molecular formula is C17H26N2O. The highest BCUT2D eigenvalue weighted by atomic mass is 16.2. The van der Waals surface area contributed by atoms with Crippen LogP contribution >= 0.6 is 0 Å². The van der Waals surface area contributed by atoms with Crippen molar-refractivity contribution in [3.8, 4) is 0 Å². The second-order valence-corrected chi connectivity index (χ2v) is 6.30. The monoisotopic (exact) mass is 274 g/mol. The van der Waals surface area contributed by atoms with Gasteiger partial charge in [-0.05, 0) is 37.2 Å². The third kappa shape index (κ3) is 3.60. The number of nitrogens with zero attached hydrogens (tertiary/aromatic N) is 1. The zero-order valence-corrected chi connectivity index (χ0v) is 12.8. The quantitative estimate of drug-likeness (QED) is 0.867. The maximum absolute atomic E-state index is 12.7. The van der Waals surface area contributed by atoms with E-state index in [0.717, 1.165) is 0 Å². The number of carbonyl (C=O) groups excluding carboxylic acids is 1. The summed E-state index contributed by atoms with van der Waals surface area (Å²) in [7, 11) is 0. The highest BCUT2D eigenvalue weighted by Crippen LogP contribution is 2.36. The van der Waals surface area contributed by atoms with Crippen LogP contribution in [-0.2, 0) is 11.3 Å². The number of benzene rings is 1. The van der Waals surface area contributed by atoms with Crippen molar-refractivity contribution in [2.75, 3.05) is 0 Å². The maximum atomic E-state index is 12.7. The second-order valence-electron chi connectivity index (χ2n) is 6.30. The number of hydrogen-bond acceptors (Lipinski definition) is 2. The molecule has 1 fully saturated rings. The molecule has 1 aliphatic rings. The van der Waals surface area contributed by atoms with Crippen LogP contribution in [0.25, 0.3) is 0 Å². The average molecular weight is 274 g/mol. The van der Waals surface area contributed by atoms with E-state index in [-0.39, 0.29) is 17.9 Å². The number of amides is 1. The van der Waals surface area contributed by atoms with E-state index in [1.165, 1.54) is 18.4 Å². The summed E-state index contributed by atoms with van der Waals surface area (Å²) >= 11 is 0. The van der Waals surface area contributed by atoms with Crippen LogP contribution in [0.5, 0.6) is 0 Å². The zero-order chi connectivity index (χ0) is 14.7. The Morgan fingerprint density at radius 1 is 1.25 bits per heavy atom. The molecule has 1 aromatic carbocycles. The molecule has 0 saturated heterocycles. The summed E-state index contributed by atoms with van der Waals surface area (Å²) in [4.78, 5) is 14.6. The lowest BCUT2D eigenvalue weighted by Gasteiger charge is -2.33. The van der Waals surface area contributed by atoms with Gasteiger partial charge in [-0.25, -0.2) is 0 Å². The van der Waals surface area contributed by atoms with Crippen molar-refractivity contribution in [3.63, 3.8) is 0 Å². The molecule has 110 valence electrons. The number of rotatable bonds is 6. The molecule has 0 aromatic heterocycles. The van der Waals surface area contributed by atoms with E-state index in [1.54, 1.807) is 0 Å². The molecule has 1 aliphatic carbocycles. The van der Waals surface area contributed by atoms with E-state index in [1.807, 2.05) is 36.9 Å². The Bertz CT molecular complexity index is 440. The van der Waals surface area contributed by atoms with Crippen molar-refractivity contribution in [3.05, 3.63) is 35.9 Å². The average Bonchev–Trinajstić information content (AvgIpc) is 3.28. The lowest BCUT2D eigenvalue weighted by Crippen LogP contribution is -2.50. The molecule has 20 heavy (non-hydrogen) atoms. The van der Waals surface area contributed by atoms with Gasteiger partial charge >= 0.3 is 0 Å². The number of hydrogen-bond donors (Lipinski definition) is 1. The Morgan fingerprint density at radius 2 is 1.85 bits per heavy atom. The van der Waals surface area contributed by atoms with Gasteiger partial charge in [0.2, 0.25) is 5.91 Å². The molecule has 2 rings (SSSR count). The van der Waals surface area contributed by atoms with Crippen LogP contribution in [0.4, 0.5) is 0 Å². The highest BCUT2D eigenvalue weighted by Gasteiger charge is 2.36. The van der Waals surface area contributed by atoms with Crippen LogP contribution in [0.3, 0.4) is 0 Å². The van der Waals surface area contributed by atoms with Crippen LogP contribution in [0.1, 0.15) is 39.2 Å². The van der Waals surface area contributed by atoms with Crippen molar-refractivity contribution < 1.29 is 4.79 Å². The molecule has 3 nitrogen and oxygen atoms in total. The predicted octanol–water partition coefficient (Wildman–Crippen LogP) is 2.80. The van der Waals surface area contributed by atoms with Gasteiger partial charge in [0.15, 0.2) is 0 Å². The van der Waals surface area contributed by atoms with Gasteiger partial charge in [0.25, 0.3) is 0 Å². The molecule has 1 saturated carbocycles. The minimum Gasteiger partial charge on any atom is -0.334 e. The summed E-state index contributed by atoms with van der Waals surface area (Å²) in [5, 5.41) is 0. The van der Waals surface area contributed by atoms with E-state index in [9.17, 15) is 4.79 Å². The fourth-order valence-corrected chi connectivity index (χ4v) is 2.51. The Hall–Kier alpha value is -1.35. The fourth-order valence-electron chi connectivity index (χ4n) is 2.51. The third-order valence-corrected chi connectivity index (χ3v) is 4.28. The van der Waals surface area contributed by atoms with Crippen molar-refractivity contribution in [1.29, 1.82) is 0 Å². The maximum Gasteiger partial charge on any atom is 0.240 e. The molecule has 2 atom stereocenters. The van der Waals surface area contributed by atoms with Crippen molar-refractivity contribution >= 4 is 5.91 Å². The highest BCUT2D eigenvalue weighted by molar-refractivity contribution is 5.82. The lowest BCUT2D eigenvalue weighted by atomic mass is 10.0. The second kappa shape index (κ2) is 6.40. The van der Waals surface area contributed by atoms with E-state index >= 15 is 0 Å². The van der Waals surface area contributed by atoms with Gasteiger partial charge < -0.3 is 10.6 Å². The van der Waals surface area contributed by atoms with Gasteiger partial charge in [-0.1, -0.05) is 44.2 Å². The number of nitrogens with two attached hydrogens (primary N) is 1. The molecule has 2 N–H and O–H groups in total. The van der Waals surface area contributed by atoms with Crippen LogP contribution in [0.15, 0.2) is 30.3 Å². The first kappa shape index (κ1) is 15.0. The Balaban J connectivity index is 2.14. The van der Waals surface area contributed by atoms with Gasteiger partial charge in [0, 0.05) is 12.6 Å². The Labute approximate surface area is 122 Å². The minimum absolute atomic E-state index is 0.0863. The SMILES string of the molecule is CC(C)[C@@H](N)C(=O)N(Cc1ccccc1)C(C)C1CC1. The standard InChI is InChI=1S/C17H26N2O/c1-12(2)16(18)17(20)19(13(3)15-9-10-15)11-14-7-5-4-6-8-14/h4-8,12-13,15-16H,9-11,18H2,1-3H3/t13?,16-/m1/s1. The normalized spacial score (nSPS) is 17.9. The fraction of sp³-hybridized carbons (Fsp3) is 0.588. The van der Waals surface area contributed by atoms with E-state index in [2.05, 4.69) is 19.1 Å². The Kier molecular flexibility index (Phi) is 4.81. The molecule has 0 bridgehead atoms. The molecule has 0 aliphatic heterocycles.